The van der Waals surface area contributed by atoms with Gasteiger partial charge in [0, 0.05) is 16.2 Å². The van der Waals surface area contributed by atoms with Crippen LogP contribution in [0.25, 0.3) is 0 Å². The second-order valence-electron chi connectivity index (χ2n) is 4.99. The number of halogens is 1. The molecule has 0 spiro atoms. The van der Waals surface area contributed by atoms with Crippen LogP contribution in [0.3, 0.4) is 0 Å². The predicted molar refractivity (Wildman–Crippen MR) is 75.9 cm³/mol. The number of aliphatic hydroxyl groups is 1. The fraction of sp³-hybridized carbons (Fsp3) is 0.538. The van der Waals surface area contributed by atoms with Gasteiger partial charge < -0.3 is 10.0 Å². The second kappa shape index (κ2) is 6.10. The van der Waals surface area contributed by atoms with Crippen LogP contribution in [0.2, 0.25) is 5.02 Å². The normalized spacial score (nSPS) is 12.2. The monoisotopic (exact) mass is 273 g/mol. The zero-order valence-electron chi connectivity index (χ0n) is 10.8. The molecule has 0 aliphatic carbocycles. The van der Waals surface area contributed by atoms with E-state index >= 15 is 0 Å². The number of rotatable bonds is 5. The van der Waals surface area contributed by atoms with Gasteiger partial charge in [0.15, 0.2) is 0 Å². The van der Waals surface area contributed by atoms with E-state index in [1.54, 1.807) is 11.8 Å². The predicted octanol–water partition coefficient (Wildman–Crippen LogP) is 3.26. The first-order valence-electron chi connectivity index (χ1n) is 5.58. The van der Waals surface area contributed by atoms with Crippen molar-refractivity contribution in [2.24, 2.45) is 0 Å². The minimum Gasteiger partial charge on any atom is -0.392 e. The van der Waals surface area contributed by atoms with Crippen LogP contribution in [0.4, 0.5) is 0 Å². The number of hydrogen-bond acceptors (Lipinski definition) is 3. The van der Waals surface area contributed by atoms with Gasteiger partial charge >= 0.3 is 0 Å². The Labute approximate surface area is 113 Å². The Balaban J connectivity index is 2.94. The molecule has 4 heteroatoms. The highest BCUT2D eigenvalue weighted by Gasteiger charge is 2.23. The summed E-state index contributed by atoms with van der Waals surface area (Å²) in [7, 11) is 4.11. The summed E-state index contributed by atoms with van der Waals surface area (Å²) >= 11 is 7.92. The van der Waals surface area contributed by atoms with E-state index in [0.717, 1.165) is 17.0 Å². The van der Waals surface area contributed by atoms with E-state index in [0.29, 0.717) is 5.02 Å². The van der Waals surface area contributed by atoms with Crippen molar-refractivity contribution in [2.45, 2.75) is 30.1 Å². The van der Waals surface area contributed by atoms with Crippen molar-refractivity contribution in [2.75, 3.05) is 20.6 Å². The van der Waals surface area contributed by atoms with Gasteiger partial charge in [0.1, 0.15) is 0 Å². The van der Waals surface area contributed by atoms with E-state index in [1.807, 2.05) is 18.2 Å². The molecule has 1 rings (SSSR count). The summed E-state index contributed by atoms with van der Waals surface area (Å²) in [6.07, 6.45) is 0. The Hall–Kier alpha value is -0.220. The van der Waals surface area contributed by atoms with Crippen molar-refractivity contribution >= 4 is 23.4 Å². The molecule has 0 fully saturated rings. The highest BCUT2D eigenvalue weighted by molar-refractivity contribution is 8.00. The molecule has 0 unspecified atom stereocenters. The quantitative estimate of drug-likeness (QED) is 0.833. The SMILES string of the molecule is CN(C)CC(C)(C)Sc1c(Cl)cccc1CO. The van der Waals surface area contributed by atoms with Crippen LogP contribution in [0.5, 0.6) is 0 Å². The van der Waals surface area contributed by atoms with Gasteiger partial charge in [-0.15, -0.1) is 11.8 Å². The number of thioether (sulfide) groups is 1. The average Bonchev–Trinajstić information content (AvgIpc) is 2.18. The van der Waals surface area contributed by atoms with Crippen LogP contribution in [-0.4, -0.2) is 35.4 Å². The minimum atomic E-state index is 0.0287. The maximum atomic E-state index is 9.34. The molecule has 2 nitrogen and oxygen atoms in total. The van der Waals surface area contributed by atoms with Gasteiger partial charge in [0.25, 0.3) is 0 Å². The molecule has 0 atom stereocenters. The van der Waals surface area contributed by atoms with Gasteiger partial charge in [-0.2, -0.15) is 0 Å². The largest absolute Gasteiger partial charge is 0.392 e. The molecule has 0 aliphatic rings. The van der Waals surface area contributed by atoms with Gasteiger partial charge in [-0.05, 0) is 39.6 Å². The maximum Gasteiger partial charge on any atom is 0.0693 e. The molecule has 0 amide bonds. The topological polar surface area (TPSA) is 23.5 Å². The molecule has 0 saturated heterocycles. The molecule has 0 heterocycles. The molecular weight excluding hydrogens is 254 g/mol. The van der Waals surface area contributed by atoms with Gasteiger partial charge in [-0.3, -0.25) is 0 Å². The summed E-state index contributed by atoms with van der Waals surface area (Å²) in [5.74, 6) is 0. The van der Waals surface area contributed by atoms with Gasteiger partial charge in [0.2, 0.25) is 0 Å². The van der Waals surface area contributed by atoms with Crippen molar-refractivity contribution in [1.29, 1.82) is 0 Å². The number of aliphatic hydroxyl groups excluding tert-OH is 1. The zero-order chi connectivity index (χ0) is 13.1. The van der Waals surface area contributed by atoms with Crippen LogP contribution in [0, 0.1) is 0 Å². The molecule has 0 radical (unpaired) electrons. The standard InChI is InChI=1S/C13H20ClNOS/c1-13(2,9-15(3)4)17-12-10(8-16)6-5-7-11(12)14/h5-7,16H,8-9H2,1-4H3. The first-order valence-corrected chi connectivity index (χ1v) is 6.77. The van der Waals surface area contributed by atoms with Crippen LogP contribution in [0.1, 0.15) is 19.4 Å². The number of benzene rings is 1. The van der Waals surface area contributed by atoms with Crippen LogP contribution in [0.15, 0.2) is 23.1 Å². The molecule has 1 N–H and O–H groups in total. The van der Waals surface area contributed by atoms with Crippen molar-refractivity contribution in [1.82, 2.24) is 4.90 Å². The summed E-state index contributed by atoms with van der Waals surface area (Å²) in [6, 6.07) is 5.66. The third-order valence-electron chi connectivity index (χ3n) is 2.29. The maximum absolute atomic E-state index is 9.34. The van der Waals surface area contributed by atoms with Gasteiger partial charge in [-0.25, -0.2) is 0 Å². The molecule has 1 aromatic carbocycles. The van der Waals surface area contributed by atoms with E-state index in [2.05, 4.69) is 32.8 Å². The Bertz CT molecular complexity index is 380. The summed E-state index contributed by atoms with van der Waals surface area (Å²) < 4.78 is 0.0540. The minimum absolute atomic E-state index is 0.0287. The smallest absolute Gasteiger partial charge is 0.0693 e. The Morgan fingerprint density at radius 3 is 2.53 bits per heavy atom. The lowest BCUT2D eigenvalue weighted by Gasteiger charge is -2.28. The van der Waals surface area contributed by atoms with E-state index in [4.69, 9.17) is 11.6 Å². The van der Waals surface area contributed by atoms with Gasteiger partial charge in [0.05, 0.1) is 11.6 Å². The zero-order valence-corrected chi connectivity index (χ0v) is 12.4. The first-order chi connectivity index (χ1) is 7.85. The first kappa shape index (κ1) is 14.8. The molecule has 1 aromatic rings. The van der Waals surface area contributed by atoms with Crippen molar-refractivity contribution in [3.63, 3.8) is 0 Å². The van der Waals surface area contributed by atoms with E-state index in [1.165, 1.54) is 0 Å². The molecule has 17 heavy (non-hydrogen) atoms. The van der Waals surface area contributed by atoms with E-state index in [-0.39, 0.29) is 11.4 Å². The third-order valence-corrected chi connectivity index (χ3v) is 4.09. The van der Waals surface area contributed by atoms with Crippen molar-refractivity contribution in [3.8, 4) is 0 Å². The lowest BCUT2D eigenvalue weighted by molar-refractivity contribution is 0.279. The van der Waals surface area contributed by atoms with Crippen LogP contribution in [-0.2, 0) is 6.61 Å². The highest BCUT2D eigenvalue weighted by atomic mass is 35.5. The molecular formula is C13H20ClNOS. The molecule has 0 aromatic heterocycles. The third kappa shape index (κ3) is 4.51. The summed E-state index contributed by atoms with van der Waals surface area (Å²) in [5.41, 5.74) is 0.898. The van der Waals surface area contributed by atoms with E-state index < -0.39 is 0 Å². The second-order valence-corrected chi connectivity index (χ2v) is 7.11. The van der Waals surface area contributed by atoms with Crippen LogP contribution >= 0.6 is 23.4 Å². The molecule has 96 valence electrons. The summed E-state index contributed by atoms with van der Waals surface area (Å²) in [5, 5.41) is 10.1. The highest BCUT2D eigenvalue weighted by Crippen LogP contribution is 2.39. The van der Waals surface area contributed by atoms with Gasteiger partial charge in [-0.1, -0.05) is 23.7 Å². The average molecular weight is 274 g/mol. The Morgan fingerprint density at radius 2 is 2.00 bits per heavy atom. The van der Waals surface area contributed by atoms with Crippen molar-refractivity contribution < 1.29 is 5.11 Å². The fourth-order valence-electron chi connectivity index (χ4n) is 1.86. The van der Waals surface area contributed by atoms with Crippen molar-refractivity contribution in [3.05, 3.63) is 28.8 Å². The number of nitrogens with zero attached hydrogens (tertiary/aromatic N) is 1. The molecule has 0 aliphatic heterocycles. The van der Waals surface area contributed by atoms with E-state index in [9.17, 15) is 5.11 Å². The summed E-state index contributed by atoms with van der Waals surface area (Å²) in [4.78, 5) is 3.14. The summed E-state index contributed by atoms with van der Waals surface area (Å²) in [6.45, 7) is 5.35. The lowest BCUT2D eigenvalue weighted by atomic mass is 10.2. The number of hydrogen-bond donors (Lipinski definition) is 1. The van der Waals surface area contributed by atoms with Crippen LogP contribution < -0.4 is 0 Å². The lowest BCUT2D eigenvalue weighted by Crippen LogP contribution is -2.31. The fourth-order valence-corrected chi connectivity index (χ4v) is 3.48. The molecule has 0 bridgehead atoms. The molecule has 0 saturated carbocycles. The Morgan fingerprint density at radius 1 is 1.35 bits per heavy atom. The Kier molecular flexibility index (Phi) is 5.32.